The van der Waals surface area contributed by atoms with Crippen molar-refractivity contribution in [2.24, 2.45) is 5.41 Å². The first-order chi connectivity index (χ1) is 17.2. The third-order valence-corrected chi connectivity index (χ3v) is 6.69. The van der Waals surface area contributed by atoms with E-state index in [0.717, 1.165) is 11.1 Å². The number of ether oxygens (including phenoxy) is 1. The summed E-state index contributed by atoms with van der Waals surface area (Å²) in [5.41, 5.74) is 1.70. The maximum Gasteiger partial charge on any atom is 0.242 e. The molecule has 192 valence electrons. The van der Waals surface area contributed by atoms with Gasteiger partial charge in [0.05, 0.1) is 42.3 Å². The summed E-state index contributed by atoms with van der Waals surface area (Å²) in [7, 11) is 1.54. The van der Waals surface area contributed by atoms with Crippen LogP contribution < -0.4 is 5.43 Å². The maximum atomic E-state index is 13.6. The Labute approximate surface area is 216 Å². The van der Waals surface area contributed by atoms with Crippen molar-refractivity contribution >= 4 is 34.4 Å². The minimum Gasteiger partial charge on any atom is -0.464 e. The first-order valence-electron chi connectivity index (χ1n) is 11.8. The number of methoxy groups -OCH3 is 1. The van der Waals surface area contributed by atoms with Gasteiger partial charge >= 0.3 is 0 Å². The van der Waals surface area contributed by atoms with Gasteiger partial charge < -0.3 is 19.0 Å². The lowest BCUT2D eigenvalue weighted by molar-refractivity contribution is -0.146. The average Bonchev–Trinajstić information content (AvgIpc) is 2.88. The number of hydrogen-bond donors (Lipinski definition) is 0. The fraction of sp³-hybridized carbons (Fsp3) is 0.393. The molecule has 0 unspecified atom stereocenters. The molecule has 0 saturated heterocycles. The molecule has 1 heterocycles. The number of fused-ring (bicyclic) bond motifs is 1. The zero-order valence-electron chi connectivity index (χ0n) is 21.3. The van der Waals surface area contributed by atoms with Gasteiger partial charge in [-0.2, -0.15) is 0 Å². The van der Waals surface area contributed by atoms with Crippen LogP contribution >= 0.6 is 11.6 Å². The monoisotopic (exact) mass is 512 g/mol. The summed E-state index contributed by atoms with van der Waals surface area (Å²) in [6.07, 6.45) is 1.41. The molecule has 8 heteroatoms. The summed E-state index contributed by atoms with van der Waals surface area (Å²) in [6, 6.07) is 14.9. The van der Waals surface area contributed by atoms with Crippen LogP contribution in [-0.4, -0.2) is 54.3 Å². The summed E-state index contributed by atoms with van der Waals surface area (Å²) >= 11 is 6.04. The molecule has 2 aromatic carbocycles. The van der Waals surface area contributed by atoms with E-state index in [1.54, 1.807) is 38.0 Å². The van der Waals surface area contributed by atoms with Crippen LogP contribution in [-0.2, 0) is 27.4 Å². The highest BCUT2D eigenvalue weighted by atomic mass is 35.5. The van der Waals surface area contributed by atoms with Crippen LogP contribution in [0.3, 0.4) is 0 Å². The van der Waals surface area contributed by atoms with Crippen molar-refractivity contribution in [2.75, 3.05) is 32.7 Å². The zero-order chi connectivity index (χ0) is 26.3. The van der Waals surface area contributed by atoms with Crippen molar-refractivity contribution in [3.63, 3.8) is 0 Å². The van der Waals surface area contributed by atoms with E-state index < -0.39 is 5.41 Å². The van der Waals surface area contributed by atoms with Crippen LogP contribution in [0.25, 0.3) is 11.0 Å². The molecule has 3 rings (SSSR count). The summed E-state index contributed by atoms with van der Waals surface area (Å²) in [5, 5.41) is 0.473. The van der Waals surface area contributed by atoms with Crippen molar-refractivity contribution in [1.29, 1.82) is 0 Å². The Morgan fingerprint density at radius 1 is 1.06 bits per heavy atom. The maximum absolute atomic E-state index is 13.6. The molecule has 36 heavy (non-hydrogen) atoms. The third-order valence-electron chi connectivity index (χ3n) is 6.02. The number of hydrogen-bond acceptors (Lipinski definition) is 5. The van der Waals surface area contributed by atoms with Crippen LogP contribution in [0, 0.1) is 12.3 Å². The molecule has 0 saturated carbocycles. The minimum atomic E-state index is -0.836. The fourth-order valence-corrected chi connectivity index (χ4v) is 3.95. The quantitative estimate of drug-likeness (QED) is 0.356. The number of benzene rings is 2. The highest BCUT2D eigenvalue weighted by molar-refractivity contribution is 6.19. The molecule has 1 aromatic heterocycles. The van der Waals surface area contributed by atoms with Crippen molar-refractivity contribution in [3.05, 3.63) is 81.7 Å². The predicted octanol–water partition coefficient (Wildman–Crippen LogP) is 4.37. The summed E-state index contributed by atoms with van der Waals surface area (Å²) < 4.78 is 10.9. The standard InChI is InChI=1S/C28H33ClN2O5/c1-20-10-11-24-23(14-20)26(33)22(18-36-24)16-31(15-21-8-6-5-7-9-21)25(32)17-30(12-13-35-4)27(34)28(2,3)19-29/h5-11,14,18H,12-13,15-17,19H2,1-4H3. The summed E-state index contributed by atoms with van der Waals surface area (Å²) in [6.45, 7) is 6.09. The Bertz CT molecular complexity index is 1260. The number of aryl methyl sites for hydroxylation is 1. The normalized spacial score (nSPS) is 11.5. The second-order valence-electron chi connectivity index (χ2n) is 9.56. The zero-order valence-corrected chi connectivity index (χ0v) is 22.0. The molecule has 0 radical (unpaired) electrons. The van der Waals surface area contributed by atoms with Crippen LogP contribution in [0.5, 0.6) is 0 Å². The Hall–Kier alpha value is -3.16. The van der Waals surface area contributed by atoms with Crippen LogP contribution in [0.15, 0.2) is 64.0 Å². The van der Waals surface area contributed by atoms with E-state index >= 15 is 0 Å². The van der Waals surface area contributed by atoms with E-state index in [4.69, 9.17) is 20.8 Å². The molecule has 0 atom stereocenters. The van der Waals surface area contributed by atoms with Gasteiger partial charge in [0.15, 0.2) is 5.43 Å². The molecular weight excluding hydrogens is 480 g/mol. The average molecular weight is 513 g/mol. The predicted molar refractivity (Wildman–Crippen MR) is 141 cm³/mol. The highest BCUT2D eigenvalue weighted by Crippen LogP contribution is 2.21. The van der Waals surface area contributed by atoms with E-state index in [1.165, 1.54) is 11.2 Å². The van der Waals surface area contributed by atoms with Gasteiger partial charge in [0.1, 0.15) is 5.58 Å². The molecule has 0 aliphatic carbocycles. The number of carbonyl (C=O) groups is 2. The number of alkyl halides is 1. The van der Waals surface area contributed by atoms with Gasteiger partial charge in [-0.15, -0.1) is 11.6 Å². The largest absolute Gasteiger partial charge is 0.464 e. The lowest BCUT2D eigenvalue weighted by Crippen LogP contribution is -2.48. The smallest absolute Gasteiger partial charge is 0.242 e. The first-order valence-corrected chi connectivity index (χ1v) is 12.4. The molecule has 2 amide bonds. The number of nitrogens with zero attached hydrogens (tertiary/aromatic N) is 2. The molecule has 0 bridgehead atoms. The lowest BCUT2D eigenvalue weighted by atomic mass is 9.94. The molecule has 0 aliphatic rings. The van der Waals surface area contributed by atoms with Gasteiger partial charge in [-0.25, -0.2) is 0 Å². The molecule has 7 nitrogen and oxygen atoms in total. The van der Waals surface area contributed by atoms with Gasteiger partial charge in [0.2, 0.25) is 11.8 Å². The SMILES string of the molecule is COCCN(CC(=O)N(Cc1ccccc1)Cc1coc2ccc(C)cc2c1=O)C(=O)C(C)(C)CCl. The van der Waals surface area contributed by atoms with Crippen molar-refractivity contribution < 1.29 is 18.7 Å². The minimum absolute atomic E-state index is 0.0468. The van der Waals surface area contributed by atoms with Gasteiger partial charge in [-0.05, 0) is 38.5 Å². The molecule has 0 spiro atoms. The molecular formula is C28H33ClN2O5. The third kappa shape index (κ3) is 6.74. The number of amides is 2. The van der Waals surface area contributed by atoms with Gasteiger partial charge in [-0.3, -0.25) is 14.4 Å². The van der Waals surface area contributed by atoms with Crippen molar-refractivity contribution in [2.45, 2.75) is 33.9 Å². The summed E-state index contributed by atoms with van der Waals surface area (Å²) in [4.78, 5) is 43.0. The van der Waals surface area contributed by atoms with E-state index in [0.29, 0.717) is 16.5 Å². The molecule has 0 fully saturated rings. The van der Waals surface area contributed by atoms with Gasteiger partial charge in [0, 0.05) is 26.1 Å². The fourth-order valence-electron chi connectivity index (χ4n) is 3.84. The second kappa shape index (κ2) is 12.2. The Morgan fingerprint density at radius 2 is 1.78 bits per heavy atom. The Balaban J connectivity index is 1.93. The second-order valence-corrected chi connectivity index (χ2v) is 9.83. The molecule has 0 aliphatic heterocycles. The van der Waals surface area contributed by atoms with E-state index in [2.05, 4.69) is 0 Å². The van der Waals surface area contributed by atoms with Gasteiger partial charge in [-0.1, -0.05) is 42.0 Å². The van der Waals surface area contributed by atoms with Crippen molar-refractivity contribution in [3.8, 4) is 0 Å². The van der Waals surface area contributed by atoms with Crippen LogP contribution in [0.2, 0.25) is 0 Å². The van der Waals surface area contributed by atoms with E-state index in [1.807, 2.05) is 43.3 Å². The molecule has 0 N–H and O–H groups in total. The van der Waals surface area contributed by atoms with Crippen molar-refractivity contribution in [1.82, 2.24) is 9.80 Å². The summed E-state index contributed by atoms with van der Waals surface area (Å²) in [5.74, 6) is -0.407. The van der Waals surface area contributed by atoms with Crippen LogP contribution in [0.1, 0.15) is 30.5 Å². The number of rotatable bonds is 11. The number of halogens is 1. The first kappa shape index (κ1) is 27.4. The van der Waals surface area contributed by atoms with E-state index in [9.17, 15) is 14.4 Å². The van der Waals surface area contributed by atoms with Gasteiger partial charge in [0.25, 0.3) is 0 Å². The van der Waals surface area contributed by atoms with E-state index in [-0.39, 0.29) is 55.9 Å². The Kier molecular flexibility index (Phi) is 9.29. The number of carbonyl (C=O) groups excluding carboxylic acids is 2. The Morgan fingerprint density at radius 3 is 2.44 bits per heavy atom. The molecule has 3 aromatic rings. The topological polar surface area (TPSA) is 80.1 Å². The lowest BCUT2D eigenvalue weighted by Gasteiger charge is -2.32. The highest BCUT2D eigenvalue weighted by Gasteiger charge is 2.33. The van der Waals surface area contributed by atoms with Crippen LogP contribution in [0.4, 0.5) is 0 Å².